The predicted molar refractivity (Wildman–Crippen MR) is 120 cm³/mol. The minimum Gasteiger partial charge on any atom is -0.422 e. The van der Waals surface area contributed by atoms with Gasteiger partial charge in [-0.05, 0) is 41.5 Å². The molecule has 3 aromatic carbocycles. The zero-order chi connectivity index (χ0) is 22.2. The van der Waals surface area contributed by atoms with Gasteiger partial charge in [-0.25, -0.2) is 4.68 Å². The van der Waals surface area contributed by atoms with E-state index in [0.29, 0.717) is 39.0 Å². The van der Waals surface area contributed by atoms with Crippen molar-refractivity contribution in [2.75, 3.05) is 0 Å². The second kappa shape index (κ2) is 6.22. The van der Waals surface area contributed by atoms with Gasteiger partial charge in [0.05, 0.1) is 16.9 Å². The van der Waals surface area contributed by atoms with Crippen molar-refractivity contribution in [1.29, 1.82) is 5.26 Å². The Labute approximate surface area is 188 Å². The zero-order valence-corrected chi connectivity index (χ0v) is 17.6. The zero-order valence-electron chi connectivity index (χ0n) is 16.9. The van der Waals surface area contributed by atoms with Gasteiger partial charge in [-0.1, -0.05) is 54.1 Å². The first-order valence-corrected chi connectivity index (χ1v) is 10.4. The molecule has 1 aliphatic carbocycles. The highest BCUT2D eigenvalue weighted by Gasteiger charge is 2.58. The van der Waals surface area contributed by atoms with Crippen LogP contribution in [0.4, 0.5) is 0 Å². The number of nitrogens with two attached hydrogens (primary N) is 1. The Balaban J connectivity index is 1.76. The van der Waals surface area contributed by atoms with Gasteiger partial charge in [0.1, 0.15) is 17.1 Å². The van der Waals surface area contributed by atoms with Gasteiger partial charge >= 0.3 is 0 Å². The second-order valence-electron chi connectivity index (χ2n) is 7.90. The largest absolute Gasteiger partial charge is 0.422 e. The highest BCUT2D eigenvalue weighted by atomic mass is 35.5. The van der Waals surface area contributed by atoms with E-state index < -0.39 is 5.41 Å². The number of Topliss-reactive ketones (excluding diaryl/α,β-unsaturated/α-hetero) is 1. The average molecular weight is 439 g/mol. The third-order valence-electron chi connectivity index (χ3n) is 6.28. The average Bonchev–Trinajstić information content (AvgIpc) is 3.24. The van der Waals surface area contributed by atoms with Gasteiger partial charge in [0, 0.05) is 10.6 Å². The summed E-state index contributed by atoms with van der Waals surface area (Å²) < 4.78 is 7.53. The first-order chi connectivity index (χ1) is 15.5. The van der Waals surface area contributed by atoms with Gasteiger partial charge in [0.2, 0.25) is 11.8 Å². The number of hydrogen-bond acceptors (Lipinski definition) is 5. The molecule has 1 unspecified atom stereocenters. The summed E-state index contributed by atoms with van der Waals surface area (Å²) in [5.74, 6) is -0.0112. The van der Waals surface area contributed by atoms with Gasteiger partial charge in [0.25, 0.3) is 0 Å². The predicted octanol–water partition coefficient (Wildman–Crippen LogP) is 4.56. The minimum absolute atomic E-state index is 0.0763. The van der Waals surface area contributed by atoms with E-state index in [0.717, 1.165) is 10.8 Å². The van der Waals surface area contributed by atoms with E-state index in [1.807, 2.05) is 36.4 Å². The van der Waals surface area contributed by atoms with Crippen LogP contribution >= 0.6 is 11.6 Å². The molecule has 2 aliphatic rings. The quantitative estimate of drug-likeness (QED) is 0.470. The van der Waals surface area contributed by atoms with Crippen LogP contribution in [0.3, 0.4) is 0 Å². The number of nitriles is 1. The SMILES string of the molecule is Cc1nn(-c2cccc(Cl)c2)c2c1C1(C(=O)c3cccc4cccc1c34)C(C#N)=C(N)O2. The fourth-order valence-electron chi connectivity index (χ4n) is 5.08. The molecule has 0 saturated carbocycles. The first kappa shape index (κ1) is 18.7. The molecule has 1 atom stereocenters. The summed E-state index contributed by atoms with van der Waals surface area (Å²) >= 11 is 6.20. The second-order valence-corrected chi connectivity index (χ2v) is 8.34. The highest BCUT2D eigenvalue weighted by Crippen LogP contribution is 2.56. The molecule has 154 valence electrons. The summed E-state index contributed by atoms with van der Waals surface area (Å²) in [7, 11) is 0. The number of fused-ring (bicyclic) bond motifs is 3. The van der Waals surface area contributed by atoms with Crippen LogP contribution in [0.1, 0.15) is 27.2 Å². The molecule has 6 rings (SSSR count). The number of aryl methyl sites for hydroxylation is 1. The third-order valence-corrected chi connectivity index (χ3v) is 6.51. The number of ketones is 1. The van der Waals surface area contributed by atoms with E-state index in [1.165, 1.54) is 0 Å². The maximum absolute atomic E-state index is 14.1. The van der Waals surface area contributed by atoms with E-state index >= 15 is 0 Å². The van der Waals surface area contributed by atoms with Crippen LogP contribution in [0.2, 0.25) is 5.02 Å². The first-order valence-electron chi connectivity index (χ1n) is 9.99. The van der Waals surface area contributed by atoms with Crippen LogP contribution < -0.4 is 10.5 Å². The summed E-state index contributed by atoms with van der Waals surface area (Å²) in [5, 5.41) is 17.1. The van der Waals surface area contributed by atoms with Crippen LogP contribution in [0.25, 0.3) is 16.5 Å². The molecule has 1 aromatic heterocycles. The normalized spacial score (nSPS) is 18.7. The summed E-state index contributed by atoms with van der Waals surface area (Å²) in [6.07, 6.45) is 0. The van der Waals surface area contributed by atoms with Crippen LogP contribution in [0, 0.1) is 18.3 Å². The summed E-state index contributed by atoms with van der Waals surface area (Å²) in [4.78, 5) is 14.1. The van der Waals surface area contributed by atoms with Gasteiger partial charge in [0.15, 0.2) is 5.78 Å². The molecule has 0 bridgehead atoms. The van der Waals surface area contributed by atoms with Crippen LogP contribution in [0.15, 0.2) is 72.1 Å². The molecule has 0 amide bonds. The molecule has 7 heteroatoms. The van der Waals surface area contributed by atoms with E-state index in [4.69, 9.17) is 22.1 Å². The minimum atomic E-state index is -1.42. The lowest BCUT2D eigenvalue weighted by atomic mass is 9.68. The molecule has 2 N–H and O–H groups in total. The number of benzene rings is 3. The van der Waals surface area contributed by atoms with Crippen molar-refractivity contribution in [3.63, 3.8) is 0 Å². The molecule has 0 fully saturated rings. The molecular weight excluding hydrogens is 424 g/mol. The molecule has 0 saturated heterocycles. The Morgan fingerprint density at radius 1 is 1.16 bits per heavy atom. The number of halogens is 1. The van der Waals surface area contributed by atoms with Crippen molar-refractivity contribution in [2.24, 2.45) is 5.73 Å². The monoisotopic (exact) mass is 438 g/mol. The summed E-state index contributed by atoms with van der Waals surface area (Å²) in [6.45, 7) is 1.80. The molecular formula is C25H15ClN4O2. The third kappa shape index (κ3) is 2.08. The van der Waals surface area contributed by atoms with Crippen molar-refractivity contribution in [3.8, 4) is 17.6 Å². The summed E-state index contributed by atoms with van der Waals surface area (Å²) in [5.41, 5.74) is 7.97. The lowest BCUT2D eigenvalue weighted by Gasteiger charge is -2.33. The number of carbonyl (C=O) groups is 1. The van der Waals surface area contributed by atoms with Gasteiger partial charge in [-0.15, -0.1) is 0 Å². The van der Waals surface area contributed by atoms with Crippen LogP contribution in [-0.2, 0) is 5.41 Å². The maximum atomic E-state index is 14.1. The number of allylic oxidation sites excluding steroid dienone is 1. The number of nitrogens with zero attached hydrogens (tertiary/aromatic N) is 3. The topological polar surface area (TPSA) is 93.9 Å². The fraction of sp³-hybridized carbons (Fsp3) is 0.0800. The number of carbonyl (C=O) groups excluding carboxylic acids is 1. The Kier molecular flexibility index (Phi) is 3.63. The highest BCUT2D eigenvalue weighted by molar-refractivity contribution is 6.30. The molecule has 6 nitrogen and oxygen atoms in total. The Bertz CT molecular complexity index is 1570. The van der Waals surface area contributed by atoms with E-state index in [1.54, 1.807) is 35.9 Å². The van der Waals surface area contributed by atoms with Crippen molar-refractivity contribution in [3.05, 3.63) is 99.5 Å². The smallest absolute Gasteiger partial charge is 0.229 e. The summed E-state index contributed by atoms with van der Waals surface area (Å²) in [6, 6.07) is 20.6. The van der Waals surface area contributed by atoms with Crippen LogP contribution in [0.5, 0.6) is 5.88 Å². The van der Waals surface area contributed by atoms with Gasteiger partial charge in [-0.3, -0.25) is 4.79 Å². The van der Waals surface area contributed by atoms with E-state index in [-0.39, 0.29) is 17.2 Å². The lowest BCUT2D eigenvalue weighted by Crippen LogP contribution is -2.41. The Hall–Kier alpha value is -4.08. The van der Waals surface area contributed by atoms with E-state index in [9.17, 15) is 10.1 Å². The van der Waals surface area contributed by atoms with Crippen molar-refractivity contribution >= 4 is 28.2 Å². The number of rotatable bonds is 1. The van der Waals surface area contributed by atoms with Crippen molar-refractivity contribution < 1.29 is 9.53 Å². The van der Waals surface area contributed by atoms with Crippen molar-refractivity contribution in [2.45, 2.75) is 12.3 Å². The molecule has 0 radical (unpaired) electrons. The molecule has 4 aromatic rings. The van der Waals surface area contributed by atoms with Crippen LogP contribution in [-0.4, -0.2) is 15.6 Å². The molecule has 32 heavy (non-hydrogen) atoms. The Morgan fingerprint density at radius 3 is 2.66 bits per heavy atom. The maximum Gasteiger partial charge on any atom is 0.229 e. The number of ether oxygens (including phenoxy) is 1. The number of hydrogen-bond donors (Lipinski definition) is 1. The standard InChI is InChI=1S/C25H15ClN4O2/c1-13-21-24(30(29-13)16-8-4-7-15(26)11-16)32-23(28)19(12-27)25(21)18-10-3-6-14-5-2-9-17(20(14)18)22(25)31/h2-11H,28H2,1H3. The molecule has 1 aliphatic heterocycles. The Morgan fingerprint density at radius 2 is 1.91 bits per heavy atom. The fourth-order valence-corrected chi connectivity index (χ4v) is 5.27. The molecule has 1 spiro atoms. The lowest BCUT2D eigenvalue weighted by molar-refractivity contribution is 0.0936. The van der Waals surface area contributed by atoms with Crippen molar-refractivity contribution in [1.82, 2.24) is 9.78 Å². The van der Waals surface area contributed by atoms with E-state index in [2.05, 4.69) is 11.2 Å². The number of aromatic nitrogens is 2. The van der Waals surface area contributed by atoms with Gasteiger partial charge in [-0.2, -0.15) is 10.4 Å². The van der Waals surface area contributed by atoms with Gasteiger partial charge < -0.3 is 10.5 Å². The molecule has 2 heterocycles.